The molecule has 0 bridgehead atoms. The first-order valence-corrected chi connectivity index (χ1v) is 24.8. The topological polar surface area (TPSA) is 223 Å². The molecule has 4 N–H and O–H groups in total. The first kappa shape index (κ1) is 46.7. The molecule has 4 aromatic carbocycles. The number of amides is 2. The molecule has 0 spiro atoms. The van der Waals surface area contributed by atoms with Crippen LogP contribution in [-0.4, -0.2) is 129 Å². The van der Waals surface area contributed by atoms with E-state index in [0.29, 0.717) is 80.4 Å². The maximum atomic E-state index is 13.8. The van der Waals surface area contributed by atoms with E-state index in [0.717, 1.165) is 34.9 Å². The van der Waals surface area contributed by atoms with Crippen molar-refractivity contribution in [2.45, 2.75) is 46.1 Å². The van der Waals surface area contributed by atoms with Crippen LogP contribution in [-0.2, 0) is 21.4 Å². The number of nitrogens with one attached hydrogen (secondary N) is 1. The average molecular weight is 958 g/mol. The molecule has 360 valence electrons. The number of piperazine rings is 1. The first-order chi connectivity index (χ1) is 33.1. The van der Waals surface area contributed by atoms with E-state index in [4.69, 9.17) is 4.74 Å². The van der Waals surface area contributed by atoms with Crippen LogP contribution in [0.5, 0.6) is 23.3 Å². The summed E-state index contributed by atoms with van der Waals surface area (Å²) in [4.78, 5) is 44.2. The van der Waals surface area contributed by atoms with Crippen LogP contribution in [0, 0.1) is 5.92 Å². The Morgan fingerprint density at radius 3 is 2.26 bits per heavy atom. The molecule has 2 aromatic heterocycles. The van der Waals surface area contributed by atoms with Crippen molar-refractivity contribution in [1.29, 1.82) is 0 Å². The van der Waals surface area contributed by atoms with Gasteiger partial charge in [0.1, 0.15) is 22.9 Å². The number of ether oxygens (including phenoxy) is 1. The van der Waals surface area contributed by atoms with E-state index in [2.05, 4.69) is 35.3 Å². The number of sulfonamides is 1. The van der Waals surface area contributed by atoms with Gasteiger partial charge in [-0.25, -0.2) is 22.3 Å². The van der Waals surface area contributed by atoms with Crippen LogP contribution in [0.4, 0.5) is 34.5 Å². The predicted octanol–water partition coefficient (Wildman–Crippen LogP) is 6.36. The normalized spacial score (nSPS) is 15.8. The van der Waals surface area contributed by atoms with Gasteiger partial charge in [-0.1, -0.05) is 43.2 Å². The van der Waals surface area contributed by atoms with Crippen molar-refractivity contribution in [1.82, 2.24) is 34.5 Å². The SMILES string of the molecule is CCOc1cc(N2CCC(C(=O)N3CCN(Cc4ccc(-n5c(O)nnc5-c5cc(C(C)C)c(O)cc5O)cc4)CC3)CC2)ccc1Nc1ncc2c(n1)N(S(C)(=O)=O)c1ccccc1C(=O)N2C. The Bertz CT molecular complexity index is 3020. The van der Waals surface area contributed by atoms with Gasteiger partial charge in [0.25, 0.3) is 5.91 Å². The van der Waals surface area contributed by atoms with E-state index in [1.165, 1.54) is 21.7 Å². The van der Waals surface area contributed by atoms with Gasteiger partial charge >= 0.3 is 6.01 Å². The van der Waals surface area contributed by atoms with Crippen molar-refractivity contribution in [3.8, 4) is 40.3 Å². The van der Waals surface area contributed by atoms with E-state index in [1.54, 1.807) is 37.4 Å². The number of benzene rings is 4. The molecule has 9 rings (SSSR count). The molecule has 20 heteroatoms. The van der Waals surface area contributed by atoms with E-state index in [1.807, 2.05) is 68.1 Å². The summed E-state index contributed by atoms with van der Waals surface area (Å²) in [6.07, 6.45) is 3.92. The summed E-state index contributed by atoms with van der Waals surface area (Å²) in [5.74, 6) is 0.459. The Morgan fingerprint density at radius 2 is 1.57 bits per heavy atom. The van der Waals surface area contributed by atoms with Crippen LogP contribution >= 0.6 is 0 Å². The van der Waals surface area contributed by atoms with Crippen LogP contribution in [0.25, 0.3) is 17.1 Å². The molecule has 0 aliphatic carbocycles. The fraction of sp³-hybridized carbons (Fsp3) is 0.347. The van der Waals surface area contributed by atoms with Gasteiger partial charge in [-0.15, -0.1) is 5.10 Å². The van der Waals surface area contributed by atoms with Crippen LogP contribution in [0.2, 0.25) is 0 Å². The highest BCUT2D eigenvalue weighted by atomic mass is 32.2. The molecular weight excluding hydrogens is 903 g/mol. The third-order valence-electron chi connectivity index (χ3n) is 13.0. The highest BCUT2D eigenvalue weighted by Gasteiger charge is 2.36. The summed E-state index contributed by atoms with van der Waals surface area (Å²) >= 11 is 0. The van der Waals surface area contributed by atoms with Gasteiger partial charge in [0, 0.05) is 76.6 Å². The number of carbonyl (C=O) groups excluding carboxylic acids is 2. The minimum atomic E-state index is -3.93. The fourth-order valence-electron chi connectivity index (χ4n) is 9.29. The molecule has 2 saturated heterocycles. The molecular formula is C49H55N11O8S. The zero-order valence-electron chi connectivity index (χ0n) is 39.1. The van der Waals surface area contributed by atoms with Crippen molar-refractivity contribution in [3.63, 3.8) is 0 Å². The number of aromatic hydroxyl groups is 3. The summed E-state index contributed by atoms with van der Waals surface area (Å²) in [5.41, 5.74) is 4.81. The number of para-hydroxylation sites is 1. The molecule has 19 nitrogen and oxygen atoms in total. The quantitative estimate of drug-likeness (QED) is 0.105. The monoisotopic (exact) mass is 957 g/mol. The smallest absolute Gasteiger partial charge is 0.319 e. The third kappa shape index (κ3) is 9.28. The van der Waals surface area contributed by atoms with Gasteiger partial charge < -0.3 is 40.1 Å². The Balaban J connectivity index is 0.802. The number of phenols is 2. The van der Waals surface area contributed by atoms with Crippen molar-refractivity contribution >= 4 is 56.4 Å². The van der Waals surface area contributed by atoms with Gasteiger partial charge in [0.05, 0.1) is 47.2 Å². The highest BCUT2D eigenvalue weighted by Crippen LogP contribution is 2.42. The molecule has 3 aliphatic heterocycles. The van der Waals surface area contributed by atoms with Crippen LogP contribution in [0.3, 0.4) is 0 Å². The number of carbonyl (C=O) groups is 2. The summed E-state index contributed by atoms with van der Waals surface area (Å²) < 4.78 is 35.1. The molecule has 6 aromatic rings. The van der Waals surface area contributed by atoms with E-state index < -0.39 is 10.0 Å². The van der Waals surface area contributed by atoms with E-state index in [-0.39, 0.29) is 75.7 Å². The Labute approximate surface area is 400 Å². The lowest BCUT2D eigenvalue weighted by Gasteiger charge is -2.39. The lowest BCUT2D eigenvalue weighted by atomic mass is 9.94. The lowest BCUT2D eigenvalue weighted by Crippen LogP contribution is -2.51. The molecule has 0 radical (unpaired) electrons. The largest absolute Gasteiger partial charge is 0.508 e. The molecule has 0 saturated carbocycles. The molecule has 5 heterocycles. The predicted molar refractivity (Wildman–Crippen MR) is 262 cm³/mol. The average Bonchev–Trinajstić information content (AvgIpc) is 3.68. The van der Waals surface area contributed by atoms with Gasteiger partial charge in [-0.3, -0.25) is 14.5 Å². The van der Waals surface area contributed by atoms with Crippen LogP contribution in [0.15, 0.2) is 85.1 Å². The summed E-state index contributed by atoms with van der Waals surface area (Å²) in [7, 11) is -2.38. The molecule has 69 heavy (non-hydrogen) atoms. The first-order valence-electron chi connectivity index (χ1n) is 22.9. The molecule has 3 aliphatic rings. The summed E-state index contributed by atoms with van der Waals surface area (Å²) in [6, 6.07) is 22.6. The summed E-state index contributed by atoms with van der Waals surface area (Å²) in [6.45, 7) is 11.0. The van der Waals surface area contributed by atoms with Gasteiger partial charge in [0.2, 0.25) is 21.9 Å². The second-order valence-corrected chi connectivity index (χ2v) is 19.7. The van der Waals surface area contributed by atoms with E-state index >= 15 is 0 Å². The second kappa shape index (κ2) is 18.9. The molecule has 0 atom stereocenters. The number of rotatable bonds is 12. The number of hydrogen-bond donors (Lipinski definition) is 4. The molecule has 0 unspecified atom stereocenters. The molecule has 2 amide bonds. The fourth-order valence-corrected chi connectivity index (χ4v) is 10.3. The standard InChI is InChI=1S/C49H55N11O8S/c1-6-68-43-25-34(15-16-38(43)51-48-50-28-40-45(52-48)60(69(5,66)67)39-10-8-7-9-35(39)47(64)55(40)4)57-19-17-32(18-20-57)46(63)58-23-21-56(22-24-58)29-31-11-13-33(14-12-31)59-44(53-54-49(59)65)37-26-36(30(2)3)41(61)27-42(37)62/h7-16,25-28,30,32,61-62H,6,17-24,29H2,1-5H3,(H,54,65)(H,50,51,52). The van der Waals surface area contributed by atoms with E-state index in [9.17, 15) is 33.3 Å². The van der Waals surface area contributed by atoms with Gasteiger partial charge in [0.15, 0.2) is 11.6 Å². The van der Waals surface area contributed by atoms with Gasteiger partial charge in [-0.05, 0) is 79.3 Å². The van der Waals surface area contributed by atoms with Crippen LogP contribution in [0.1, 0.15) is 61.0 Å². The lowest BCUT2D eigenvalue weighted by molar-refractivity contribution is -0.138. The number of piperidine rings is 1. The number of nitrogens with zero attached hydrogens (tertiary/aromatic N) is 10. The maximum absolute atomic E-state index is 13.8. The van der Waals surface area contributed by atoms with Crippen molar-refractivity contribution in [3.05, 3.63) is 102 Å². The Morgan fingerprint density at radius 1 is 0.855 bits per heavy atom. The van der Waals surface area contributed by atoms with Crippen LogP contribution < -0.4 is 24.2 Å². The number of fused-ring (bicyclic) bond motifs is 2. The van der Waals surface area contributed by atoms with Crippen molar-refractivity contribution < 1.29 is 38.1 Å². The number of aromatic nitrogens is 5. The van der Waals surface area contributed by atoms with Gasteiger partial charge in [-0.2, -0.15) is 4.98 Å². The maximum Gasteiger partial charge on any atom is 0.319 e. The minimum Gasteiger partial charge on any atom is -0.508 e. The van der Waals surface area contributed by atoms with Crippen molar-refractivity contribution in [2.75, 3.05) is 78.6 Å². The third-order valence-corrected chi connectivity index (χ3v) is 14.0. The Hall–Kier alpha value is -7.45. The number of phenolic OH excluding ortho intramolecular Hbond substituents is 2. The zero-order valence-corrected chi connectivity index (χ0v) is 39.9. The van der Waals surface area contributed by atoms with Crippen molar-refractivity contribution in [2.24, 2.45) is 5.92 Å². The Kier molecular flexibility index (Phi) is 12.8. The molecule has 2 fully saturated rings. The zero-order chi connectivity index (χ0) is 48.7. The number of hydrogen-bond acceptors (Lipinski definition) is 15. The number of anilines is 6. The summed E-state index contributed by atoms with van der Waals surface area (Å²) in [5, 5.41) is 42.9. The highest BCUT2D eigenvalue weighted by molar-refractivity contribution is 7.92. The minimum absolute atomic E-state index is 0.0111. The second-order valence-electron chi connectivity index (χ2n) is 17.8.